The SMILES string of the molecule is N=C(N)C1CCC(OCc2ccccc2)CC1. The van der Waals surface area contributed by atoms with Gasteiger partial charge in [0.2, 0.25) is 0 Å². The molecule has 0 atom stereocenters. The normalized spacial score (nSPS) is 24.5. The molecule has 0 saturated heterocycles. The summed E-state index contributed by atoms with van der Waals surface area (Å²) in [6.07, 6.45) is 4.38. The Morgan fingerprint density at radius 2 is 1.82 bits per heavy atom. The molecular weight excluding hydrogens is 212 g/mol. The molecule has 1 aliphatic rings. The Hall–Kier alpha value is -1.35. The molecule has 0 bridgehead atoms. The molecule has 0 amide bonds. The smallest absolute Gasteiger partial charge is 0.0936 e. The minimum atomic E-state index is 0.284. The van der Waals surface area contributed by atoms with Gasteiger partial charge in [0.15, 0.2) is 0 Å². The summed E-state index contributed by atoms with van der Waals surface area (Å²) in [5.74, 6) is 0.623. The van der Waals surface area contributed by atoms with E-state index in [-0.39, 0.29) is 5.92 Å². The predicted octanol–water partition coefficient (Wildman–Crippen LogP) is 2.70. The molecule has 92 valence electrons. The van der Waals surface area contributed by atoms with E-state index >= 15 is 0 Å². The molecule has 0 aromatic heterocycles. The Bertz CT molecular complexity index is 356. The Morgan fingerprint density at radius 3 is 2.41 bits per heavy atom. The topological polar surface area (TPSA) is 59.1 Å². The molecule has 0 heterocycles. The number of amidine groups is 1. The summed E-state index contributed by atoms with van der Waals surface area (Å²) in [5, 5.41) is 7.43. The molecule has 1 aromatic carbocycles. The van der Waals surface area contributed by atoms with Crippen molar-refractivity contribution in [3.05, 3.63) is 35.9 Å². The summed E-state index contributed by atoms with van der Waals surface area (Å²) in [5.41, 5.74) is 6.74. The second-order valence-corrected chi connectivity index (χ2v) is 4.73. The Morgan fingerprint density at radius 1 is 1.18 bits per heavy atom. The van der Waals surface area contributed by atoms with E-state index < -0.39 is 0 Å². The van der Waals surface area contributed by atoms with E-state index in [0.29, 0.717) is 18.5 Å². The molecule has 3 nitrogen and oxygen atoms in total. The third kappa shape index (κ3) is 3.56. The number of rotatable bonds is 4. The highest BCUT2D eigenvalue weighted by molar-refractivity contribution is 5.79. The highest BCUT2D eigenvalue weighted by Crippen LogP contribution is 2.26. The van der Waals surface area contributed by atoms with Gasteiger partial charge in [-0.05, 0) is 31.2 Å². The summed E-state index contributed by atoms with van der Waals surface area (Å²) < 4.78 is 5.89. The average molecular weight is 232 g/mol. The van der Waals surface area contributed by atoms with Crippen molar-refractivity contribution in [3.63, 3.8) is 0 Å². The van der Waals surface area contributed by atoms with E-state index in [4.69, 9.17) is 15.9 Å². The fourth-order valence-electron chi connectivity index (χ4n) is 2.33. The van der Waals surface area contributed by atoms with E-state index in [1.165, 1.54) is 5.56 Å². The number of ether oxygens (including phenoxy) is 1. The maximum atomic E-state index is 7.43. The largest absolute Gasteiger partial charge is 0.387 e. The zero-order valence-electron chi connectivity index (χ0n) is 10.1. The van der Waals surface area contributed by atoms with Gasteiger partial charge in [-0.3, -0.25) is 5.41 Å². The van der Waals surface area contributed by atoms with E-state index in [2.05, 4.69) is 12.1 Å². The zero-order chi connectivity index (χ0) is 12.1. The lowest BCUT2D eigenvalue weighted by Crippen LogP contribution is -2.29. The number of nitrogens with two attached hydrogens (primary N) is 1. The van der Waals surface area contributed by atoms with Gasteiger partial charge in [-0.1, -0.05) is 30.3 Å². The summed E-state index contributed by atoms with van der Waals surface area (Å²) in [7, 11) is 0. The highest BCUT2D eigenvalue weighted by Gasteiger charge is 2.23. The van der Waals surface area contributed by atoms with Crippen molar-refractivity contribution in [2.24, 2.45) is 11.7 Å². The second kappa shape index (κ2) is 5.82. The van der Waals surface area contributed by atoms with Crippen LogP contribution in [0.25, 0.3) is 0 Å². The second-order valence-electron chi connectivity index (χ2n) is 4.73. The van der Waals surface area contributed by atoms with Crippen molar-refractivity contribution in [2.75, 3.05) is 0 Å². The van der Waals surface area contributed by atoms with Gasteiger partial charge in [0.05, 0.1) is 18.5 Å². The highest BCUT2D eigenvalue weighted by atomic mass is 16.5. The van der Waals surface area contributed by atoms with Crippen molar-refractivity contribution in [2.45, 2.75) is 38.4 Å². The Labute approximate surface area is 102 Å². The average Bonchev–Trinajstić information content (AvgIpc) is 2.38. The van der Waals surface area contributed by atoms with Crippen molar-refractivity contribution in [3.8, 4) is 0 Å². The maximum absolute atomic E-state index is 7.43. The monoisotopic (exact) mass is 232 g/mol. The third-order valence-electron chi connectivity index (χ3n) is 3.44. The van der Waals surface area contributed by atoms with Gasteiger partial charge in [-0.25, -0.2) is 0 Å². The molecule has 3 heteroatoms. The number of benzene rings is 1. The number of nitrogens with one attached hydrogen (secondary N) is 1. The van der Waals surface area contributed by atoms with Gasteiger partial charge in [-0.15, -0.1) is 0 Å². The maximum Gasteiger partial charge on any atom is 0.0936 e. The minimum absolute atomic E-state index is 0.284. The molecule has 0 spiro atoms. The Balaban J connectivity index is 1.74. The molecular formula is C14H20N2O. The van der Waals surface area contributed by atoms with Crippen LogP contribution in [0.2, 0.25) is 0 Å². The van der Waals surface area contributed by atoms with Crippen LogP contribution in [0.1, 0.15) is 31.2 Å². The summed E-state index contributed by atoms with van der Waals surface area (Å²) in [6, 6.07) is 10.3. The molecule has 0 unspecified atom stereocenters. The van der Waals surface area contributed by atoms with Crippen LogP contribution in [0.15, 0.2) is 30.3 Å². The lowest BCUT2D eigenvalue weighted by Gasteiger charge is -2.27. The lowest BCUT2D eigenvalue weighted by molar-refractivity contribution is 0.0123. The van der Waals surface area contributed by atoms with Crippen molar-refractivity contribution in [1.82, 2.24) is 0 Å². The fourth-order valence-corrected chi connectivity index (χ4v) is 2.33. The lowest BCUT2D eigenvalue weighted by atomic mass is 9.87. The van der Waals surface area contributed by atoms with Crippen LogP contribution in [-0.2, 0) is 11.3 Å². The van der Waals surface area contributed by atoms with Crippen LogP contribution in [0.4, 0.5) is 0 Å². The van der Waals surface area contributed by atoms with E-state index in [9.17, 15) is 0 Å². The van der Waals surface area contributed by atoms with Gasteiger partial charge in [0, 0.05) is 5.92 Å². The molecule has 3 N–H and O–H groups in total. The quantitative estimate of drug-likeness (QED) is 0.619. The first kappa shape index (κ1) is 12.1. The van der Waals surface area contributed by atoms with Crippen molar-refractivity contribution < 1.29 is 4.74 Å². The molecule has 2 rings (SSSR count). The summed E-state index contributed by atoms with van der Waals surface area (Å²) in [6.45, 7) is 0.691. The molecule has 1 fully saturated rings. The first-order valence-electron chi connectivity index (χ1n) is 6.25. The third-order valence-corrected chi connectivity index (χ3v) is 3.44. The van der Waals surface area contributed by atoms with E-state index in [0.717, 1.165) is 25.7 Å². The van der Waals surface area contributed by atoms with Gasteiger partial charge >= 0.3 is 0 Å². The van der Waals surface area contributed by atoms with E-state index in [1.54, 1.807) is 0 Å². The van der Waals surface area contributed by atoms with Crippen molar-refractivity contribution in [1.29, 1.82) is 5.41 Å². The first-order chi connectivity index (χ1) is 8.25. The number of hydrogen-bond donors (Lipinski definition) is 2. The minimum Gasteiger partial charge on any atom is -0.387 e. The summed E-state index contributed by atoms with van der Waals surface area (Å²) >= 11 is 0. The zero-order valence-corrected chi connectivity index (χ0v) is 10.1. The van der Waals surface area contributed by atoms with Gasteiger partial charge < -0.3 is 10.5 Å². The van der Waals surface area contributed by atoms with Crippen LogP contribution in [0.3, 0.4) is 0 Å². The van der Waals surface area contributed by atoms with Crippen LogP contribution >= 0.6 is 0 Å². The molecule has 0 aliphatic heterocycles. The van der Waals surface area contributed by atoms with Crippen LogP contribution in [0.5, 0.6) is 0 Å². The van der Waals surface area contributed by atoms with Gasteiger partial charge in [0.25, 0.3) is 0 Å². The Kier molecular flexibility index (Phi) is 4.15. The molecule has 17 heavy (non-hydrogen) atoms. The van der Waals surface area contributed by atoms with Crippen LogP contribution in [0, 0.1) is 11.3 Å². The number of hydrogen-bond acceptors (Lipinski definition) is 2. The fraction of sp³-hybridized carbons (Fsp3) is 0.500. The molecule has 0 radical (unpaired) electrons. The predicted molar refractivity (Wildman–Crippen MR) is 68.9 cm³/mol. The molecule has 1 aromatic rings. The van der Waals surface area contributed by atoms with Gasteiger partial charge in [-0.2, -0.15) is 0 Å². The van der Waals surface area contributed by atoms with Crippen LogP contribution < -0.4 is 5.73 Å². The standard InChI is InChI=1S/C14H20N2O/c15-14(16)12-6-8-13(9-7-12)17-10-11-4-2-1-3-5-11/h1-5,12-13H,6-10H2,(H3,15,16). The van der Waals surface area contributed by atoms with Gasteiger partial charge in [0.1, 0.15) is 0 Å². The van der Waals surface area contributed by atoms with Crippen molar-refractivity contribution >= 4 is 5.84 Å². The first-order valence-corrected chi connectivity index (χ1v) is 6.25. The van der Waals surface area contributed by atoms with Crippen LogP contribution in [-0.4, -0.2) is 11.9 Å². The molecule has 1 saturated carbocycles. The van der Waals surface area contributed by atoms with E-state index in [1.807, 2.05) is 18.2 Å². The summed E-state index contributed by atoms with van der Waals surface area (Å²) in [4.78, 5) is 0. The molecule has 1 aliphatic carbocycles.